The number of benzene rings is 2. The van der Waals surface area contributed by atoms with Gasteiger partial charge < -0.3 is 30.2 Å². The van der Waals surface area contributed by atoms with Crippen molar-refractivity contribution in [2.24, 2.45) is 5.73 Å². The maximum absolute atomic E-state index is 15.6. The number of aromatic nitrogens is 1. The van der Waals surface area contributed by atoms with Crippen molar-refractivity contribution in [2.75, 3.05) is 44.2 Å². The molecular weight excluding hydrogens is 485 g/mol. The summed E-state index contributed by atoms with van der Waals surface area (Å²) in [7, 11) is 0. The summed E-state index contributed by atoms with van der Waals surface area (Å²) in [6, 6.07) is 6.24. The van der Waals surface area contributed by atoms with Crippen molar-refractivity contribution in [3.8, 4) is 17.2 Å². The number of halogens is 2. The summed E-state index contributed by atoms with van der Waals surface area (Å²) in [4.78, 5) is 30.7. The Hall–Kier alpha value is -3.14. The van der Waals surface area contributed by atoms with Crippen LogP contribution in [0.2, 0.25) is 5.02 Å². The Labute approximate surface area is 212 Å². The smallest absolute Gasteiger partial charge is 0.256 e. The standard InChI is InChI=1S/C26H27ClFN5O3/c27-15-3-4-20-21(11-15)36-25-22-17(12-19(28)23(25)32-9-5-16(29)13-32)24(34)18(14-33(20)22)26(35)30-6-10-31-7-1-2-8-31/h3-4,11-12,14,16H,1-2,5-10,13,29H2,(H,30,35). The van der Waals surface area contributed by atoms with Crippen LogP contribution in [-0.4, -0.2) is 60.7 Å². The van der Waals surface area contributed by atoms with Crippen LogP contribution in [0.4, 0.5) is 10.1 Å². The molecule has 6 rings (SSSR count). The zero-order valence-electron chi connectivity index (χ0n) is 19.7. The summed E-state index contributed by atoms with van der Waals surface area (Å²) < 4.78 is 23.5. The summed E-state index contributed by atoms with van der Waals surface area (Å²) in [5.41, 5.74) is 6.79. The molecule has 3 aromatic rings. The number of ether oxygens (including phenoxy) is 1. The Morgan fingerprint density at radius 1 is 1.22 bits per heavy atom. The largest absolute Gasteiger partial charge is 0.451 e. The van der Waals surface area contributed by atoms with Gasteiger partial charge >= 0.3 is 0 Å². The van der Waals surface area contributed by atoms with Gasteiger partial charge in [0.05, 0.1) is 11.1 Å². The van der Waals surface area contributed by atoms with Gasteiger partial charge in [0.2, 0.25) is 5.43 Å². The molecule has 0 spiro atoms. The van der Waals surface area contributed by atoms with Crippen LogP contribution in [0.5, 0.6) is 11.5 Å². The zero-order valence-corrected chi connectivity index (χ0v) is 20.5. The third-order valence-corrected chi connectivity index (χ3v) is 7.50. The van der Waals surface area contributed by atoms with Crippen LogP contribution in [0, 0.1) is 5.82 Å². The summed E-state index contributed by atoms with van der Waals surface area (Å²) in [6.07, 6.45) is 4.57. The molecule has 3 aliphatic heterocycles. The normalized spacial score (nSPS) is 19.0. The van der Waals surface area contributed by atoms with E-state index in [0.29, 0.717) is 41.6 Å². The molecule has 8 nitrogen and oxygen atoms in total. The van der Waals surface area contributed by atoms with Gasteiger partial charge in [0.15, 0.2) is 17.3 Å². The number of hydrogen-bond acceptors (Lipinski definition) is 6. The Kier molecular flexibility index (Phi) is 5.86. The van der Waals surface area contributed by atoms with E-state index >= 15 is 4.39 Å². The van der Waals surface area contributed by atoms with Gasteiger partial charge in [-0.05, 0) is 50.6 Å². The van der Waals surface area contributed by atoms with E-state index < -0.39 is 17.2 Å². The van der Waals surface area contributed by atoms with Gasteiger partial charge in [-0.1, -0.05) is 11.6 Å². The molecule has 2 aromatic carbocycles. The molecule has 4 heterocycles. The first kappa shape index (κ1) is 23.3. The fraction of sp³-hybridized carbons (Fsp3) is 0.385. The van der Waals surface area contributed by atoms with Crippen LogP contribution in [0.1, 0.15) is 29.6 Å². The van der Waals surface area contributed by atoms with Crippen molar-refractivity contribution < 1.29 is 13.9 Å². The van der Waals surface area contributed by atoms with Crippen LogP contribution in [0.3, 0.4) is 0 Å². The van der Waals surface area contributed by atoms with E-state index in [1.807, 2.05) is 4.90 Å². The third kappa shape index (κ3) is 3.91. The van der Waals surface area contributed by atoms with Gasteiger partial charge in [-0.3, -0.25) is 9.59 Å². The lowest BCUT2D eigenvalue weighted by molar-refractivity contribution is 0.0948. The van der Waals surface area contributed by atoms with Crippen molar-refractivity contribution in [1.29, 1.82) is 0 Å². The second kappa shape index (κ2) is 9.06. The van der Waals surface area contributed by atoms with Gasteiger partial charge in [0, 0.05) is 49.5 Å². The minimum Gasteiger partial charge on any atom is -0.451 e. The van der Waals surface area contributed by atoms with E-state index in [2.05, 4.69) is 10.2 Å². The second-order valence-corrected chi connectivity index (χ2v) is 10.1. The van der Waals surface area contributed by atoms with Crippen molar-refractivity contribution in [1.82, 2.24) is 14.8 Å². The average Bonchev–Trinajstić information content (AvgIpc) is 3.52. The van der Waals surface area contributed by atoms with Crippen LogP contribution < -0.4 is 26.1 Å². The van der Waals surface area contributed by atoms with E-state index in [1.165, 1.54) is 12.3 Å². The Bertz CT molecular complexity index is 1440. The highest BCUT2D eigenvalue weighted by atomic mass is 35.5. The van der Waals surface area contributed by atoms with Crippen LogP contribution >= 0.6 is 11.6 Å². The maximum atomic E-state index is 15.6. The zero-order chi connectivity index (χ0) is 25.0. The van der Waals surface area contributed by atoms with Crippen molar-refractivity contribution in [3.05, 3.63) is 57.1 Å². The molecule has 1 amide bonds. The van der Waals surface area contributed by atoms with Crippen LogP contribution in [0.15, 0.2) is 35.3 Å². The molecule has 188 valence electrons. The lowest BCUT2D eigenvalue weighted by Crippen LogP contribution is -2.36. The number of nitrogens with one attached hydrogen (secondary N) is 1. The van der Waals surface area contributed by atoms with Gasteiger partial charge in [-0.25, -0.2) is 4.39 Å². The second-order valence-electron chi connectivity index (χ2n) is 9.69. The molecule has 2 fully saturated rings. The first-order valence-corrected chi connectivity index (χ1v) is 12.7. The van der Waals surface area contributed by atoms with E-state index in [9.17, 15) is 9.59 Å². The quantitative estimate of drug-likeness (QED) is 0.427. The first-order valence-electron chi connectivity index (χ1n) is 12.3. The molecule has 36 heavy (non-hydrogen) atoms. The first-order chi connectivity index (χ1) is 17.4. The molecule has 2 saturated heterocycles. The highest BCUT2D eigenvalue weighted by Crippen LogP contribution is 2.47. The Morgan fingerprint density at radius 2 is 2.03 bits per heavy atom. The number of pyridine rings is 1. The summed E-state index contributed by atoms with van der Waals surface area (Å²) in [6.45, 7) is 4.24. The number of likely N-dealkylation sites (tertiary alicyclic amines) is 1. The number of amides is 1. The van der Waals surface area contributed by atoms with E-state index in [0.717, 1.165) is 38.9 Å². The predicted octanol–water partition coefficient (Wildman–Crippen LogP) is 3.25. The number of hydrogen-bond donors (Lipinski definition) is 2. The van der Waals surface area contributed by atoms with Crippen molar-refractivity contribution >= 4 is 34.1 Å². The summed E-state index contributed by atoms with van der Waals surface area (Å²) in [5.74, 6) is -0.432. The maximum Gasteiger partial charge on any atom is 0.256 e. The predicted molar refractivity (Wildman–Crippen MR) is 137 cm³/mol. The number of anilines is 1. The summed E-state index contributed by atoms with van der Waals surface area (Å²) in [5, 5.41) is 3.40. The SMILES string of the molecule is NC1CCN(c2c(F)cc3c(=O)c(C(=O)NCCN4CCCC4)cn4c3c2Oc2cc(Cl)ccc2-4)C1. The molecule has 3 N–H and O–H groups in total. The minimum absolute atomic E-state index is 0.0481. The molecule has 1 unspecified atom stereocenters. The molecule has 1 atom stereocenters. The highest BCUT2D eigenvalue weighted by Gasteiger charge is 2.32. The highest BCUT2D eigenvalue weighted by molar-refractivity contribution is 6.30. The van der Waals surface area contributed by atoms with Crippen molar-refractivity contribution in [2.45, 2.75) is 25.3 Å². The molecule has 1 aromatic heterocycles. The van der Waals surface area contributed by atoms with Crippen LogP contribution in [-0.2, 0) is 0 Å². The fourth-order valence-corrected chi connectivity index (χ4v) is 5.62. The lowest BCUT2D eigenvalue weighted by Gasteiger charge is -2.29. The topological polar surface area (TPSA) is 92.8 Å². The average molecular weight is 512 g/mol. The number of rotatable bonds is 5. The monoisotopic (exact) mass is 511 g/mol. The Balaban J connectivity index is 1.48. The third-order valence-electron chi connectivity index (χ3n) is 7.26. The summed E-state index contributed by atoms with van der Waals surface area (Å²) >= 11 is 6.23. The van der Waals surface area contributed by atoms with E-state index in [-0.39, 0.29) is 28.4 Å². The van der Waals surface area contributed by atoms with Gasteiger partial charge in [-0.15, -0.1) is 0 Å². The molecular formula is C26H27ClFN5O3. The fourth-order valence-electron chi connectivity index (χ4n) is 5.46. The molecule has 0 radical (unpaired) electrons. The molecule has 0 aliphatic carbocycles. The van der Waals surface area contributed by atoms with Crippen molar-refractivity contribution in [3.63, 3.8) is 0 Å². The van der Waals surface area contributed by atoms with Gasteiger partial charge in [0.1, 0.15) is 16.8 Å². The van der Waals surface area contributed by atoms with Gasteiger partial charge in [0.25, 0.3) is 5.91 Å². The lowest BCUT2D eigenvalue weighted by atomic mass is 10.1. The Morgan fingerprint density at radius 3 is 2.78 bits per heavy atom. The van der Waals surface area contributed by atoms with E-state index in [4.69, 9.17) is 22.1 Å². The minimum atomic E-state index is -0.590. The van der Waals surface area contributed by atoms with Gasteiger partial charge in [-0.2, -0.15) is 0 Å². The number of carbonyl (C=O) groups excluding carboxylic acids is 1. The molecule has 0 saturated carbocycles. The number of nitrogens with zero attached hydrogens (tertiary/aromatic N) is 3. The van der Waals surface area contributed by atoms with Crippen LogP contribution in [0.25, 0.3) is 16.6 Å². The van der Waals surface area contributed by atoms with E-state index in [1.54, 1.807) is 22.8 Å². The number of nitrogens with two attached hydrogens (primary N) is 1. The molecule has 0 bridgehead atoms. The molecule has 10 heteroatoms. The molecule has 3 aliphatic rings. The number of fused-ring (bicyclic) bond motifs is 2. The number of carbonyl (C=O) groups is 1.